The highest BCUT2D eigenvalue weighted by Gasteiger charge is 2.59. The van der Waals surface area contributed by atoms with Gasteiger partial charge in [-0.3, -0.25) is 0 Å². The van der Waals surface area contributed by atoms with E-state index < -0.39 is 5.79 Å². The number of nitrogens with zero attached hydrogens (tertiary/aromatic N) is 1. The van der Waals surface area contributed by atoms with E-state index >= 15 is 0 Å². The first-order valence-electron chi connectivity index (χ1n) is 10.4. The van der Waals surface area contributed by atoms with Crippen molar-refractivity contribution in [2.24, 2.45) is 0 Å². The van der Waals surface area contributed by atoms with E-state index in [1.807, 2.05) is 43.0 Å². The monoisotopic (exact) mass is 409 g/mol. The molecule has 2 aromatic rings. The van der Waals surface area contributed by atoms with Gasteiger partial charge < -0.3 is 23.8 Å². The number of likely N-dealkylation sites (tertiary alicyclic amines) is 1. The number of piperidine rings is 1. The van der Waals surface area contributed by atoms with E-state index in [2.05, 4.69) is 12.1 Å². The number of amides is 1. The van der Waals surface area contributed by atoms with E-state index in [1.54, 1.807) is 19.2 Å². The molecule has 2 bridgehead atoms. The fourth-order valence-electron chi connectivity index (χ4n) is 5.15. The fourth-order valence-corrected chi connectivity index (χ4v) is 5.15. The molecule has 30 heavy (non-hydrogen) atoms. The van der Waals surface area contributed by atoms with Crippen LogP contribution in [0.5, 0.6) is 11.5 Å². The Morgan fingerprint density at radius 3 is 2.70 bits per heavy atom. The van der Waals surface area contributed by atoms with Crippen LogP contribution in [0.3, 0.4) is 0 Å². The molecule has 0 aromatic heterocycles. The molecule has 5 rings (SSSR count). The minimum atomic E-state index is -0.699. The molecule has 3 aliphatic rings. The third kappa shape index (κ3) is 3.06. The third-order valence-corrected chi connectivity index (χ3v) is 6.65. The number of benzene rings is 2. The Bertz CT molecular complexity index is 959. The van der Waals surface area contributed by atoms with Gasteiger partial charge in [0.2, 0.25) is 0 Å². The largest absolute Gasteiger partial charge is 0.497 e. The number of para-hydroxylation sites is 1. The lowest BCUT2D eigenvalue weighted by molar-refractivity contribution is -0.320. The second-order valence-electron chi connectivity index (χ2n) is 8.80. The summed E-state index contributed by atoms with van der Waals surface area (Å²) in [4.78, 5) is 14.9. The molecule has 2 heterocycles. The molecule has 6 heteroatoms. The molecule has 1 amide bonds. The number of methoxy groups -OCH3 is 1. The van der Waals surface area contributed by atoms with E-state index in [-0.39, 0.29) is 23.7 Å². The molecule has 2 saturated heterocycles. The second kappa shape index (κ2) is 7.00. The molecule has 2 aliphatic heterocycles. The van der Waals surface area contributed by atoms with Crippen molar-refractivity contribution in [2.45, 2.75) is 50.0 Å². The molecule has 0 spiro atoms. The summed E-state index contributed by atoms with van der Waals surface area (Å²) < 4.78 is 23.8. The molecular formula is C24H27NO5. The van der Waals surface area contributed by atoms with Crippen molar-refractivity contribution in [1.82, 2.24) is 4.90 Å². The van der Waals surface area contributed by atoms with Gasteiger partial charge in [0.15, 0.2) is 5.79 Å². The van der Waals surface area contributed by atoms with Gasteiger partial charge in [-0.25, -0.2) is 4.79 Å². The predicted molar refractivity (Wildman–Crippen MR) is 111 cm³/mol. The number of hydrogen-bond donors (Lipinski definition) is 0. The Kier molecular flexibility index (Phi) is 4.52. The highest BCUT2D eigenvalue weighted by molar-refractivity contribution is 5.72. The Morgan fingerprint density at radius 1 is 1.13 bits per heavy atom. The zero-order valence-electron chi connectivity index (χ0n) is 17.6. The van der Waals surface area contributed by atoms with Crippen LogP contribution < -0.4 is 9.47 Å². The van der Waals surface area contributed by atoms with Crippen LogP contribution in [0.25, 0.3) is 0 Å². The van der Waals surface area contributed by atoms with Crippen LogP contribution in [0.15, 0.2) is 48.5 Å². The number of hydrogen-bond acceptors (Lipinski definition) is 5. The van der Waals surface area contributed by atoms with Gasteiger partial charge in [-0.05, 0) is 62.1 Å². The maximum atomic E-state index is 13.1. The zero-order valence-corrected chi connectivity index (χ0v) is 17.6. The summed E-state index contributed by atoms with van der Waals surface area (Å²) in [7, 11) is 1.68. The minimum absolute atomic E-state index is 0.112. The van der Waals surface area contributed by atoms with E-state index in [4.69, 9.17) is 18.9 Å². The Morgan fingerprint density at radius 2 is 1.93 bits per heavy atom. The van der Waals surface area contributed by atoms with Crippen molar-refractivity contribution in [1.29, 1.82) is 0 Å². The van der Waals surface area contributed by atoms with Gasteiger partial charge in [-0.15, -0.1) is 0 Å². The maximum Gasteiger partial charge on any atom is 0.415 e. The number of ether oxygens (including phenoxy) is 4. The fraction of sp³-hybridized carbons (Fsp3) is 0.458. The van der Waals surface area contributed by atoms with E-state index in [1.165, 1.54) is 11.1 Å². The molecule has 0 N–H and O–H groups in total. The quantitative estimate of drug-likeness (QED) is 0.753. The van der Waals surface area contributed by atoms with Gasteiger partial charge >= 0.3 is 6.09 Å². The third-order valence-electron chi connectivity index (χ3n) is 6.65. The lowest BCUT2D eigenvalue weighted by Crippen LogP contribution is -2.70. The van der Waals surface area contributed by atoms with Crippen molar-refractivity contribution >= 4 is 6.09 Å². The topological polar surface area (TPSA) is 57.2 Å². The number of carbonyl (C=O) groups is 1. The van der Waals surface area contributed by atoms with E-state index in [9.17, 15) is 4.79 Å². The number of fused-ring (bicyclic) bond motifs is 1. The highest BCUT2D eigenvalue weighted by Crippen LogP contribution is 2.51. The van der Waals surface area contributed by atoms with Crippen molar-refractivity contribution in [3.05, 3.63) is 59.7 Å². The first kappa shape index (κ1) is 19.4. The molecular weight excluding hydrogens is 382 g/mol. The van der Waals surface area contributed by atoms with Gasteiger partial charge in [0.1, 0.15) is 11.5 Å². The van der Waals surface area contributed by atoms with Crippen molar-refractivity contribution < 1.29 is 23.7 Å². The molecule has 2 aromatic carbocycles. The zero-order chi connectivity index (χ0) is 20.9. The number of carbonyl (C=O) groups excluding carboxylic acids is 1. The Labute approximate surface area is 176 Å². The van der Waals surface area contributed by atoms with Crippen LogP contribution in [-0.2, 0) is 21.3 Å². The lowest BCUT2D eigenvalue weighted by Gasteiger charge is -2.59. The van der Waals surface area contributed by atoms with Crippen molar-refractivity contribution in [3.8, 4) is 11.5 Å². The number of rotatable bonds is 2. The van der Waals surface area contributed by atoms with E-state index in [0.717, 1.165) is 12.2 Å². The summed E-state index contributed by atoms with van der Waals surface area (Å²) in [5, 5.41) is 0. The van der Waals surface area contributed by atoms with Crippen LogP contribution in [0.2, 0.25) is 0 Å². The first-order valence-corrected chi connectivity index (χ1v) is 10.4. The molecule has 158 valence electrons. The van der Waals surface area contributed by atoms with Crippen LogP contribution in [-0.4, -0.2) is 49.2 Å². The molecule has 0 radical (unpaired) electrons. The molecule has 6 nitrogen and oxygen atoms in total. The standard InChI is InChI=1S/C24H27NO5/c1-23(2)28-15-24-11-12-25(22(26)29-17-7-5-4-6-8-17)20(21(24)30-23)13-16-9-10-18(27-3)14-19(16)24/h4-10,14,20-21H,11-13,15H2,1-3H3/t20-,21+,24-/m1/s1. The lowest BCUT2D eigenvalue weighted by atomic mass is 9.61. The van der Waals surface area contributed by atoms with Gasteiger partial charge in [0, 0.05) is 12.0 Å². The summed E-state index contributed by atoms with van der Waals surface area (Å²) >= 11 is 0. The van der Waals surface area contributed by atoms with Crippen LogP contribution in [0.4, 0.5) is 4.79 Å². The Hall–Kier alpha value is -2.57. The Balaban J connectivity index is 1.52. The molecule has 0 saturated carbocycles. The molecule has 2 fully saturated rings. The van der Waals surface area contributed by atoms with Gasteiger partial charge in [-0.2, -0.15) is 0 Å². The summed E-state index contributed by atoms with van der Waals surface area (Å²) in [6.45, 7) is 5.02. The average molecular weight is 409 g/mol. The smallest absolute Gasteiger partial charge is 0.415 e. The average Bonchev–Trinajstić information content (AvgIpc) is 2.73. The normalized spacial score (nSPS) is 28.8. The summed E-state index contributed by atoms with van der Waals surface area (Å²) in [5.41, 5.74) is 2.13. The minimum Gasteiger partial charge on any atom is -0.497 e. The predicted octanol–water partition coefficient (Wildman–Crippen LogP) is 3.91. The summed E-state index contributed by atoms with van der Waals surface area (Å²) in [5.74, 6) is 0.680. The molecule has 0 unspecified atom stereocenters. The molecule has 3 atom stereocenters. The van der Waals surface area contributed by atoms with Crippen molar-refractivity contribution in [2.75, 3.05) is 20.3 Å². The summed E-state index contributed by atoms with van der Waals surface area (Å²) in [6.07, 6.45) is 0.961. The molecule has 1 aliphatic carbocycles. The van der Waals surface area contributed by atoms with Crippen LogP contribution in [0.1, 0.15) is 31.4 Å². The van der Waals surface area contributed by atoms with Gasteiger partial charge in [-0.1, -0.05) is 24.3 Å². The second-order valence-corrected chi connectivity index (χ2v) is 8.80. The van der Waals surface area contributed by atoms with Crippen molar-refractivity contribution in [3.63, 3.8) is 0 Å². The maximum absolute atomic E-state index is 13.1. The van der Waals surface area contributed by atoms with Gasteiger partial charge in [0.05, 0.1) is 25.9 Å². The van der Waals surface area contributed by atoms with Crippen LogP contribution >= 0.6 is 0 Å². The SMILES string of the molecule is COc1ccc2c(c1)[C@]13CCN(C(=O)Oc4ccccc4)[C@H](C2)[C@@H]1OC(C)(C)OC3. The first-order chi connectivity index (χ1) is 14.4. The highest BCUT2D eigenvalue weighted by atomic mass is 16.7. The van der Waals surface area contributed by atoms with Gasteiger partial charge in [0.25, 0.3) is 0 Å². The van der Waals surface area contributed by atoms with Crippen LogP contribution in [0, 0.1) is 0 Å². The van der Waals surface area contributed by atoms with E-state index in [0.29, 0.717) is 25.3 Å². The summed E-state index contributed by atoms with van der Waals surface area (Å²) in [6, 6.07) is 15.3.